The number of allylic oxidation sites excluding steroid dienone is 2. The number of carbonyl (C=O) groups excluding carboxylic acids is 1. The summed E-state index contributed by atoms with van der Waals surface area (Å²) < 4.78 is 15.7. The van der Waals surface area contributed by atoms with Crippen LogP contribution >= 0.6 is 0 Å². The zero-order valence-corrected chi connectivity index (χ0v) is 30.7. The number of carbonyl (C=O) groups is 2. The van der Waals surface area contributed by atoms with Crippen molar-refractivity contribution in [2.24, 2.45) is 0 Å². The van der Waals surface area contributed by atoms with Gasteiger partial charge >= 0.3 is 11.9 Å². The number of rotatable bonds is 9. The van der Waals surface area contributed by atoms with E-state index in [9.17, 15) is 9.59 Å². The van der Waals surface area contributed by atoms with Gasteiger partial charge in [0.2, 0.25) is 0 Å². The van der Waals surface area contributed by atoms with Gasteiger partial charge in [-0.15, -0.1) is 0 Å². The fourth-order valence-electron chi connectivity index (χ4n) is 5.63. The zero-order valence-electron chi connectivity index (χ0n) is 30.7. The van der Waals surface area contributed by atoms with Crippen LogP contribution in [0.25, 0.3) is 12.2 Å². The first kappa shape index (κ1) is 39.5. The second-order valence-corrected chi connectivity index (χ2v) is 12.6. The average Bonchev–Trinajstić information content (AvgIpc) is 3.21. The van der Waals surface area contributed by atoms with E-state index in [0.29, 0.717) is 12.2 Å². The van der Waals surface area contributed by atoms with Gasteiger partial charge in [0.25, 0.3) is 0 Å². The van der Waals surface area contributed by atoms with Crippen molar-refractivity contribution in [1.29, 1.82) is 0 Å². The highest BCUT2D eigenvalue weighted by atomic mass is 16.5. The minimum atomic E-state index is -0.929. The molecule has 4 aromatic rings. The summed E-state index contributed by atoms with van der Waals surface area (Å²) in [6.45, 7) is 11.4. The van der Waals surface area contributed by atoms with Crippen LogP contribution in [0.2, 0.25) is 0 Å². The third-order valence-electron chi connectivity index (χ3n) is 8.66. The molecular formula is C46H46N2O6. The van der Waals surface area contributed by atoms with Crippen LogP contribution in [0, 0.1) is 23.7 Å². The largest absolute Gasteiger partial charge is 0.478 e. The third kappa shape index (κ3) is 13.7. The summed E-state index contributed by atoms with van der Waals surface area (Å²) in [5.74, 6) is 10.8. The van der Waals surface area contributed by atoms with Crippen LogP contribution in [-0.2, 0) is 27.3 Å². The van der Waals surface area contributed by atoms with Gasteiger partial charge in [-0.3, -0.25) is 9.80 Å². The number of hydrogen-bond acceptors (Lipinski definition) is 7. The number of ether oxygens (including phenoxy) is 3. The summed E-state index contributed by atoms with van der Waals surface area (Å²) in [4.78, 5) is 27.2. The molecule has 0 aliphatic carbocycles. The van der Waals surface area contributed by atoms with Gasteiger partial charge in [0.1, 0.15) is 0 Å². The van der Waals surface area contributed by atoms with Crippen molar-refractivity contribution < 1.29 is 28.9 Å². The molecule has 8 heteroatoms. The van der Waals surface area contributed by atoms with Gasteiger partial charge in [0.05, 0.1) is 44.2 Å². The summed E-state index contributed by atoms with van der Waals surface area (Å²) in [7, 11) is 0. The van der Waals surface area contributed by atoms with Gasteiger partial charge in [-0.1, -0.05) is 72.2 Å². The molecule has 276 valence electrons. The molecule has 0 unspecified atom stereocenters. The lowest BCUT2D eigenvalue weighted by Crippen LogP contribution is -2.35. The normalized spacial score (nSPS) is 14.6. The summed E-state index contributed by atoms with van der Waals surface area (Å²) in [6, 6.07) is 30.7. The van der Waals surface area contributed by atoms with E-state index in [1.54, 1.807) is 43.3 Å². The molecule has 1 N–H and O–H groups in total. The quantitative estimate of drug-likeness (QED) is 0.146. The number of esters is 1. The number of carboxylic acids is 1. The van der Waals surface area contributed by atoms with E-state index in [-0.39, 0.29) is 11.5 Å². The monoisotopic (exact) mass is 722 g/mol. The molecule has 0 saturated carbocycles. The van der Waals surface area contributed by atoms with Crippen molar-refractivity contribution in [2.75, 3.05) is 59.2 Å². The Hall–Kier alpha value is -5.74. The van der Waals surface area contributed by atoms with Gasteiger partial charge in [-0.2, -0.15) is 0 Å². The predicted molar refractivity (Wildman–Crippen MR) is 213 cm³/mol. The third-order valence-corrected chi connectivity index (χ3v) is 8.66. The van der Waals surface area contributed by atoms with Crippen molar-refractivity contribution in [2.45, 2.75) is 20.0 Å². The molecule has 0 bridgehead atoms. The Bertz CT molecular complexity index is 1970. The first-order chi connectivity index (χ1) is 26.4. The number of hydrogen-bond donors (Lipinski definition) is 1. The SMILES string of the molecule is CCOC(=O)c1ccc(C#C/C=C/c2ccc(CN3CCOCC3)cc2)cc1.O=C(O)c1ccc(C#C/C=C/c2ccc(CN3CCOCC3)cc2)cc1. The molecule has 2 heterocycles. The molecule has 8 nitrogen and oxygen atoms in total. The number of morpholine rings is 2. The summed E-state index contributed by atoms with van der Waals surface area (Å²) in [5, 5.41) is 8.87. The van der Waals surface area contributed by atoms with Gasteiger partial charge in [-0.05, 0) is 102 Å². The molecule has 0 spiro atoms. The Morgan fingerprint density at radius 1 is 0.630 bits per heavy atom. The Labute approximate surface area is 318 Å². The lowest BCUT2D eigenvalue weighted by molar-refractivity contribution is 0.0341. The van der Waals surface area contributed by atoms with Crippen molar-refractivity contribution in [1.82, 2.24) is 9.80 Å². The lowest BCUT2D eigenvalue weighted by Gasteiger charge is -2.26. The van der Waals surface area contributed by atoms with E-state index in [1.165, 1.54) is 11.1 Å². The summed E-state index contributed by atoms with van der Waals surface area (Å²) >= 11 is 0. The van der Waals surface area contributed by atoms with E-state index in [4.69, 9.17) is 19.3 Å². The maximum atomic E-state index is 11.6. The lowest BCUT2D eigenvalue weighted by atomic mass is 10.1. The van der Waals surface area contributed by atoms with Gasteiger partial charge in [0, 0.05) is 50.4 Å². The minimum absolute atomic E-state index is 0.267. The van der Waals surface area contributed by atoms with E-state index in [2.05, 4.69) is 82.0 Å². The highest BCUT2D eigenvalue weighted by Gasteiger charge is 2.11. The summed E-state index contributed by atoms with van der Waals surface area (Å²) in [5.41, 5.74) is 7.30. The van der Waals surface area contributed by atoms with Crippen molar-refractivity contribution in [3.8, 4) is 23.7 Å². The van der Waals surface area contributed by atoms with Gasteiger partial charge in [0.15, 0.2) is 0 Å². The molecule has 4 aromatic carbocycles. The van der Waals surface area contributed by atoms with E-state index >= 15 is 0 Å². The molecule has 2 aliphatic heterocycles. The Balaban J connectivity index is 0.000000208. The maximum absolute atomic E-state index is 11.6. The van der Waals surface area contributed by atoms with Crippen LogP contribution in [0.1, 0.15) is 61.0 Å². The molecule has 2 saturated heterocycles. The molecule has 2 aliphatic rings. The molecule has 0 amide bonds. The van der Waals surface area contributed by atoms with E-state index in [1.807, 2.05) is 36.4 Å². The van der Waals surface area contributed by atoms with Gasteiger partial charge in [-0.25, -0.2) is 9.59 Å². The Morgan fingerprint density at radius 2 is 1.04 bits per heavy atom. The number of aromatic carboxylic acids is 1. The molecule has 54 heavy (non-hydrogen) atoms. The zero-order chi connectivity index (χ0) is 37.8. The van der Waals surface area contributed by atoms with Crippen molar-refractivity contribution >= 4 is 24.1 Å². The minimum Gasteiger partial charge on any atom is -0.478 e. The van der Waals surface area contributed by atoms with Crippen LogP contribution in [-0.4, -0.2) is 86.1 Å². The van der Waals surface area contributed by atoms with E-state index in [0.717, 1.165) is 87.9 Å². The van der Waals surface area contributed by atoms with Crippen LogP contribution in [0.15, 0.2) is 109 Å². The molecular weight excluding hydrogens is 677 g/mol. The van der Waals surface area contributed by atoms with Crippen molar-refractivity contribution in [3.63, 3.8) is 0 Å². The first-order valence-corrected chi connectivity index (χ1v) is 18.2. The fraction of sp³-hybridized carbons (Fsp3) is 0.261. The number of carboxylic acid groups (broad SMARTS) is 1. The standard InChI is InChI=1S/C24H25NO3.C22H21NO3/c1-2-28-24(26)23-13-11-21(12-14-23)6-4-3-5-20-7-9-22(10-8-20)19-25-15-17-27-18-16-25;24-22(25)21-11-9-19(10-12-21)4-2-1-3-18-5-7-20(8-6-18)17-23-13-15-26-16-14-23/h3,5,7-14H,2,15-19H2,1H3;1,3,5-12H,13-17H2,(H,24,25)/b5-3+;3-1+. The van der Waals surface area contributed by atoms with Crippen molar-refractivity contribution in [3.05, 3.63) is 154 Å². The van der Waals surface area contributed by atoms with Crippen LogP contribution < -0.4 is 0 Å². The highest BCUT2D eigenvalue weighted by molar-refractivity contribution is 5.89. The smallest absolute Gasteiger partial charge is 0.338 e. The predicted octanol–water partition coefficient (Wildman–Crippen LogP) is 7.04. The van der Waals surface area contributed by atoms with Crippen LogP contribution in [0.5, 0.6) is 0 Å². The molecule has 0 aromatic heterocycles. The number of benzene rings is 4. The Morgan fingerprint density at radius 3 is 1.43 bits per heavy atom. The average molecular weight is 723 g/mol. The Kier molecular flexibility index (Phi) is 15.9. The number of nitrogens with zero attached hydrogens (tertiary/aromatic N) is 2. The molecule has 0 radical (unpaired) electrons. The fourth-order valence-corrected chi connectivity index (χ4v) is 5.63. The second-order valence-electron chi connectivity index (χ2n) is 12.6. The molecule has 2 fully saturated rings. The topological polar surface area (TPSA) is 88.5 Å². The van der Waals surface area contributed by atoms with Gasteiger partial charge < -0.3 is 19.3 Å². The maximum Gasteiger partial charge on any atom is 0.338 e. The van der Waals surface area contributed by atoms with Crippen LogP contribution in [0.4, 0.5) is 0 Å². The van der Waals surface area contributed by atoms with Crippen LogP contribution in [0.3, 0.4) is 0 Å². The molecule has 0 atom stereocenters. The second kappa shape index (κ2) is 21.7. The highest BCUT2D eigenvalue weighted by Crippen LogP contribution is 2.12. The summed E-state index contributed by atoms with van der Waals surface area (Å²) in [6.07, 6.45) is 7.62. The molecule has 6 rings (SSSR count). The van der Waals surface area contributed by atoms with E-state index < -0.39 is 5.97 Å². The first-order valence-electron chi connectivity index (χ1n) is 18.2.